The molecule has 69 valence electrons. The van der Waals surface area contributed by atoms with Crippen LogP contribution in [0.2, 0.25) is 0 Å². The average Bonchev–Trinajstić information content (AvgIpc) is 1.85. The Kier molecular flexibility index (Phi) is 3.68. The number of aromatic carboxylic acids is 1. The van der Waals surface area contributed by atoms with Crippen molar-refractivity contribution in [1.82, 2.24) is 9.97 Å². The maximum atomic E-state index is 10.5. The van der Waals surface area contributed by atoms with Crippen molar-refractivity contribution in [3.8, 4) is 0 Å². The van der Waals surface area contributed by atoms with Gasteiger partial charge in [0.25, 0.3) is 5.56 Å². The third-order valence-corrected chi connectivity index (χ3v) is 0.991. The minimum Gasteiger partial charge on any atom is -0.477 e. The SMILES string of the molecule is O=C(O)c1cc(=O)[nH]c(=O)[nH]1.[Ag]. The predicted molar refractivity (Wildman–Crippen MR) is 34.6 cm³/mol. The summed E-state index contributed by atoms with van der Waals surface area (Å²) in [6.07, 6.45) is 0. The Labute approximate surface area is 81.1 Å². The van der Waals surface area contributed by atoms with E-state index >= 15 is 0 Å². The minimum atomic E-state index is -1.34. The zero-order valence-electron chi connectivity index (χ0n) is 5.55. The molecule has 1 aromatic rings. The van der Waals surface area contributed by atoms with Gasteiger partial charge in [0.1, 0.15) is 5.69 Å². The van der Waals surface area contributed by atoms with Gasteiger partial charge in [-0.05, 0) is 0 Å². The molecule has 0 unspecified atom stereocenters. The molecule has 7 heteroatoms. The molecule has 0 spiro atoms. The molecule has 0 fully saturated rings. The average molecular weight is 264 g/mol. The van der Waals surface area contributed by atoms with Crippen molar-refractivity contribution in [2.24, 2.45) is 0 Å². The van der Waals surface area contributed by atoms with Crippen molar-refractivity contribution >= 4 is 5.97 Å². The fourth-order valence-electron chi connectivity index (χ4n) is 0.584. The number of carboxylic acid groups (broad SMARTS) is 1. The Hall–Kier alpha value is -1.11. The molecule has 12 heavy (non-hydrogen) atoms. The van der Waals surface area contributed by atoms with Crippen LogP contribution in [0.3, 0.4) is 0 Å². The Morgan fingerprint density at radius 3 is 2.33 bits per heavy atom. The molecule has 0 amide bonds. The van der Waals surface area contributed by atoms with Gasteiger partial charge in [0, 0.05) is 28.4 Å². The van der Waals surface area contributed by atoms with Gasteiger partial charge in [-0.1, -0.05) is 0 Å². The van der Waals surface area contributed by atoms with Crippen molar-refractivity contribution in [3.63, 3.8) is 0 Å². The van der Waals surface area contributed by atoms with Gasteiger partial charge in [-0.3, -0.25) is 9.78 Å². The minimum absolute atomic E-state index is 0. The smallest absolute Gasteiger partial charge is 0.352 e. The first-order chi connectivity index (χ1) is 5.09. The van der Waals surface area contributed by atoms with Crippen molar-refractivity contribution in [3.05, 3.63) is 32.6 Å². The van der Waals surface area contributed by atoms with Gasteiger partial charge in [0.2, 0.25) is 0 Å². The fourth-order valence-corrected chi connectivity index (χ4v) is 0.584. The van der Waals surface area contributed by atoms with Gasteiger partial charge in [0.15, 0.2) is 0 Å². The van der Waals surface area contributed by atoms with E-state index in [9.17, 15) is 14.4 Å². The molecule has 0 atom stereocenters. The third-order valence-electron chi connectivity index (χ3n) is 0.991. The van der Waals surface area contributed by atoms with Gasteiger partial charge in [-0.25, -0.2) is 9.59 Å². The monoisotopic (exact) mass is 263 g/mol. The molecular formula is C5H4AgN2O4. The number of hydrogen-bond acceptors (Lipinski definition) is 3. The summed E-state index contributed by atoms with van der Waals surface area (Å²) in [6, 6.07) is 0.795. The molecule has 1 rings (SSSR count). The summed E-state index contributed by atoms with van der Waals surface area (Å²) >= 11 is 0. The molecule has 0 saturated carbocycles. The molecule has 1 radical (unpaired) electrons. The number of hydrogen-bond donors (Lipinski definition) is 3. The van der Waals surface area contributed by atoms with Crippen molar-refractivity contribution in [2.75, 3.05) is 0 Å². The van der Waals surface area contributed by atoms with E-state index in [4.69, 9.17) is 5.11 Å². The molecule has 1 heterocycles. The molecule has 0 aliphatic rings. The first-order valence-corrected chi connectivity index (χ1v) is 2.66. The van der Waals surface area contributed by atoms with Crippen LogP contribution in [0, 0.1) is 0 Å². The van der Waals surface area contributed by atoms with E-state index in [1.54, 1.807) is 0 Å². The van der Waals surface area contributed by atoms with Gasteiger partial charge >= 0.3 is 11.7 Å². The maximum absolute atomic E-state index is 10.5. The number of H-pyrrole nitrogens is 2. The van der Waals surface area contributed by atoms with E-state index in [-0.39, 0.29) is 22.4 Å². The molecule has 0 aliphatic heterocycles. The summed E-state index contributed by atoms with van der Waals surface area (Å²) in [7, 11) is 0. The Balaban J connectivity index is 0.00000121. The van der Waals surface area contributed by atoms with Crippen LogP contribution in [0.5, 0.6) is 0 Å². The second-order valence-electron chi connectivity index (χ2n) is 1.81. The van der Waals surface area contributed by atoms with Crippen molar-refractivity contribution < 1.29 is 32.3 Å². The second kappa shape index (κ2) is 4.05. The summed E-state index contributed by atoms with van der Waals surface area (Å²) in [5, 5.41) is 8.31. The first-order valence-electron chi connectivity index (χ1n) is 2.66. The standard InChI is InChI=1S/C5H4N2O4.Ag/c8-3-1-2(4(9)10)6-5(11)7-3;/h1H,(H,9,10)(H2,6,7,8,11);. The predicted octanol–water partition coefficient (Wildman–Crippen LogP) is -1.24. The number of rotatable bonds is 1. The van der Waals surface area contributed by atoms with Crippen LogP contribution in [0.4, 0.5) is 0 Å². The second-order valence-corrected chi connectivity index (χ2v) is 1.81. The summed E-state index contributed by atoms with van der Waals surface area (Å²) in [5.41, 5.74) is -1.97. The maximum Gasteiger partial charge on any atom is 0.352 e. The van der Waals surface area contributed by atoms with Crippen LogP contribution in [-0.2, 0) is 22.4 Å². The van der Waals surface area contributed by atoms with Crippen LogP contribution in [0.1, 0.15) is 10.5 Å². The van der Waals surface area contributed by atoms with Gasteiger partial charge in [-0.2, -0.15) is 0 Å². The Morgan fingerprint density at radius 1 is 1.33 bits per heavy atom. The quantitative estimate of drug-likeness (QED) is 0.552. The zero-order chi connectivity index (χ0) is 8.43. The van der Waals surface area contributed by atoms with Crippen LogP contribution in [0.25, 0.3) is 0 Å². The topological polar surface area (TPSA) is 103 Å². The van der Waals surface area contributed by atoms with Crippen LogP contribution >= 0.6 is 0 Å². The molecule has 6 nitrogen and oxygen atoms in total. The molecule has 3 N–H and O–H groups in total. The molecule has 0 aromatic carbocycles. The number of carboxylic acids is 1. The summed E-state index contributed by atoms with van der Waals surface area (Å²) in [6.45, 7) is 0. The molecule has 1 aromatic heterocycles. The van der Waals surface area contributed by atoms with Crippen LogP contribution in [-0.4, -0.2) is 21.0 Å². The Morgan fingerprint density at radius 2 is 1.92 bits per heavy atom. The van der Waals surface area contributed by atoms with E-state index in [1.807, 2.05) is 9.97 Å². The van der Waals surface area contributed by atoms with E-state index in [1.165, 1.54) is 0 Å². The van der Waals surface area contributed by atoms with Crippen LogP contribution < -0.4 is 11.2 Å². The molecular weight excluding hydrogens is 260 g/mol. The Bertz CT molecular complexity index is 365. The van der Waals surface area contributed by atoms with Gasteiger partial charge in [-0.15, -0.1) is 0 Å². The fraction of sp³-hybridized carbons (Fsp3) is 0. The molecule has 0 aliphatic carbocycles. The third kappa shape index (κ3) is 2.50. The van der Waals surface area contributed by atoms with E-state index in [0.717, 1.165) is 6.07 Å². The molecule has 0 saturated heterocycles. The number of carbonyl (C=O) groups is 1. The van der Waals surface area contributed by atoms with Crippen molar-refractivity contribution in [2.45, 2.75) is 0 Å². The van der Waals surface area contributed by atoms with Crippen LogP contribution in [0.15, 0.2) is 15.7 Å². The van der Waals surface area contributed by atoms with E-state index in [0.29, 0.717) is 0 Å². The largest absolute Gasteiger partial charge is 0.477 e. The van der Waals surface area contributed by atoms with Gasteiger partial charge < -0.3 is 10.1 Å². The molecule has 0 bridgehead atoms. The first kappa shape index (κ1) is 10.9. The normalized spacial score (nSPS) is 8.67. The number of aromatic amines is 2. The summed E-state index contributed by atoms with van der Waals surface area (Å²) in [5.74, 6) is -1.34. The van der Waals surface area contributed by atoms with E-state index < -0.39 is 22.9 Å². The number of aromatic nitrogens is 2. The summed E-state index contributed by atoms with van der Waals surface area (Å²) in [4.78, 5) is 34.9. The number of nitrogens with one attached hydrogen (secondary N) is 2. The van der Waals surface area contributed by atoms with Crippen molar-refractivity contribution in [1.29, 1.82) is 0 Å². The zero-order valence-corrected chi connectivity index (χ0v) is 7.03. The summed E-state index contributed by atoms with van der Waals surface area (Å²) < 4.78 is 0. The van der Waals surface area contributed by atoms with E-state index in [2.05, 4.69) is 0 Å². The van der Waals surface area contributed by atoms with Gasteiger partial charge in [0.05, 0.1) is 0 Å².